The Labute approximate surface area is 235 Å². The van der Waals surface area contributed by atoms with Crippen LogP contribution in [0.3, 0.4) is 0 Å². The van der Waals surface area contributed by atoms with Gasteiger partial charge in [0.2, 0.25) is 0 Å². The largest absolute Gasteiger partial charge is 0.489 e. The van der Waals surface area contributed by atoms with Crippen molar-refractivity contribution in [3.05, 3.63) is 65.9 Å². The van der Waals surface area contributed by atoms with Crippen LogP contribution >= 0.6 is 0 Å². The molecule has 40 heavy (non-hydrogen) atoms. The predicted octanol–water partition coefficient (Wildman–Crippen LogP) is 4.37. The standard InChI is InChI=1S/C30H35N3O6S/c1-22-16-23(26-8-4-5-9-27(26)31-22)18-39-24-10-12-25(13-11-24)40(36,37)21-30(17-28(34)38-2)19-33(20-30)29(35)32-14-6-3-7-15-32/h4-5,8-13,16H,3,6-7,14-15,17-21H2,1-2H3. The smallest absolute Gasteiger partial charge is 0.320 e. The fourth-order valence-electron chi connectivity index (χ4n) is 5.72. The molecule has 0 spiro atoms. The second-order valence-electron chi connectivity index (χ2n) is 10.9. The van der Waals surface area contributed by atoms with Crippen molar-refractivity contribution < 1.29 is 27.5 Å². The minimum atomic E-state index is -3.75. The number of likely N-dealkylation sites (tertiary alicyclic amines) is 2. The molecule has 2 aromatic carbocycles. The molecule has 212 valence electrons. The molecule has 0 unspecified atom stereocenters. The van der Waals surface area contributed by atoms with Gasteiger partial charge in [-0.15, -0.1) is 0 Å². The monoisotopic (exact) mass is 565 g/mol. The Bertz CT molecular complexity index is 1490. The highest BCUT2D eigenvalue weighted by Gasteiger charge is 2.50. The molecule has 2 aliphatic heterocycles. The molecule has 2 saturated heterocycles. The van der Waals surface area contributed by atoms with E-state index >= 15 is 0 Å². The zero-order valence-electron chi connectivity index (χ0n) is 23.0. The van der Waals surface area contributed by atoms with E-state index in [-0.39, 0.29) is 36.2 Å². The van der Waals surface area contributed by atoms with E-state index in [1.807, 2.05) is 42.2 Å². The highest BCUT2D eigenvalue weighted by molar-refractivity contribution is 7.91. The minimum absolute atomic E-state index is 0.0625. The van der Waals surface area contributed by atoms with Gasteiger partial charge >= 0.3 is 12.0 Å². The Balaban J connectivity index is 1.26. The summed E-state index contributed by atoms with van der Waals surface area (Å²) in [5, 5.41) is 1.01. The first kappa shape index (κ1) is 27.9. The first-order chi connectivity index (χ1) is 19.2. The van der Waals surface area contributed by atoms with Crippen LogP contribution in [0.5, 0.6) is 5.75 Å². The molecule has 2 amide bonds. The van der Waals surface area contributed by atoms with Crippen LogP contribution in [-0.2, 0) is 26.0 Å². The van der Waals surface area contributed by atoms with E-state index in [0.29, 0.717) is 25.4 Å². The summed E-state index contributed by atoms with van der Waals surface area (Å²) < 4.78 is 37.7. The Morgan fingerprint density at radius 2 is 1.68 bits per heavy atom. The van der Waals surface area contributed by atoms with Gasteiger partial charge in [-0.05, 0) is 62.6 Å². The molecule has 0 aliphatic carbocycles. The van der Waals surface area contributed by atoms with Crippen LogP contribution in [0.25, 0.3) is 10.9 Å². The van der Waals surface area contributed by atoms with E-state index in [1.165, 1.54) is 19.2 Å². The lowest BCUT2D eigenvalue weighted by Gasteiger charge is -2.50. The summed E-state index contributed by atoms with van der Waals surface area (Å²) in [6.07, 6.45) is 2.99. The molecular weight excluding hydrogens is 530 g/mol. The lowest BCUT2D eigenvalue weighted by Crippen LogP contribution is -2.64. The number of benzene rings is 2. The number of para-hydroxylation sites is 1. The highest BCUT2D eigenvalue weighted by Crippen LogP contribution is 2.38. The molecule has 10 heteroatoms. The molecule has 5 rings (SSSR count). The van der Waals surface area contributed by atoms with Crippen LogP contribution in [0.2, 0.25) is 0 Å². The molecule has 0 radical (unpaired) electrons. The van der Waals surface area contributed by atoms with Gasteiger partial charge in [-0.25, -0.2) is 13.2 Å². The number of fused-ring (bicyclic) bond motifs is 1. The molecule has 0 atom stereocenters. The Hall–Kier alpha value is -3.66. The number of ether oxygens (including phenoxy) is 2. The van der Waals surface area contributed by atoms with Gasteiger partial charge in [0.1, 0.15) is 12.4 Å². The fourth-order valence-corrected chi connectivity index (χ4v) is 7.53. The quantitative estimate of drug-likeness (QED) is 0.374. The number of carbonyl (C=O) groups excluding carboxylic acids is 2. The van der Waals surface area contributed by atoms with Crippen LogP contribution in [-0.4, -0.2) is 74.2 Å². The van der Waals surface area contributed by atoms with Gasteiger partial charge in [-0.3, -0.25) is 9.78 Å². The summed E-state index contributed by atoms with van der Waals surface area (Å²) in [5.41, 5.74) is 1.91. The number of hydrogen-bond donors (Lipinski definition) is 0. The first-order valence-corrected chi connectivity index (χ1v) is 15.2. The van der Waals surface area contributed by atoms with Gasteiger partial charge in [-0.2, -0.15) is 0 Å². The Morgan fingerprint density at radius 1 is 0.975 bits per heavy atom. The number of piperidine rings is 1. The van der Waals surface area contributed by atoms with Crippen LogP contribution in [0.15, 0.2) is 59.5 Å². The normalized spacial score (nSPS) is 16.9. The van der Waals surface area contributed by atoms with Crippen molar-refractivity contribution in [2.75, 3.05) is 39.0 Å². The summed E-state index contributed by atoms with van der Waals surface area (Å²) in [6.45, 7) is 4.09. The molecule has 2 fully saturated rings. The molecule has 2 aliphatic rings. The molecular formula is C30H35N3O6S. The van der Waals surface area contributed by atoms with Crippen LogP contribution < -0.4 is 4.74 Å². The summed E-state index contributed by atoms with van der Waals surface area (Å²) in [7, 11) is -2.46. The molecule has 0 bridgehead atoms. The molecule has 9 nitrogen and oxygen atoms in total. The Morgan fingerprint density at radius 3 is 2.38 bits per heavy atom. The lowest BCUT2D eigenvalue weighted by molar-refractivity contribution is -0.145. The summed E-state index contributed by atoms with van der Waals surface area (Å²) in [6, 6.07) is 16.1. The van der Waals surface area contributed by atoms with Crippen LogP contribution in [0.4, 0.5) is 4.79 Å². The van der Waals surface area contributed by atoms with Crippen molar-refractivity contribution in [3.8, 4) is 5.75 Å². The van der Waals surface area contributed by atoms with Crippen molar-refractivity contribution in [2.45, 2.75) is 44.1 Å². The molecule has 0 saturated carbocycles. The Kier molecular flexibility index (Phi) is 7.98. The third kappa shape index (κ3) is 6.06. The zero-order valence-corrected chi connectivity index (χ0v) is 23.8. The maximum Gasteiger partial charge on any atom is 0.320 e. The maximum atomic E-state index is 13.4. The topological polar surface area (TPSA) is 106 Å². The van der Waals surface area contributed by atoms with E-state index in [9.17, 15) is 18.0 Å². The molecule has 3 aromatic rings. The van der Waals surface area contributed by atoms with Crippen LogP contribution in [0.1, 0.15) is 36.9 Å². The van der Waals surface area contributed by atoms with Gasteiger partial charge in [0.05, 0.1) is 29.7 Å². The number of sulfone groups is 1. The second-order valence-corrected chi connectivity index (χ2v) is 12.9. The zero-order chi connectivity index (χ0) is 28.3. The average Bonchev–Trinajstić information content (AvgIpc) is 2.94. The lowest BCUT2D eigenvalue weighted by atomic mass is 9.78. The van der Waals surface area contributed by atoms with Crippen molar-refractivity contribution in [3.63, 3.8) is 0 Å². The summed E-state index contributed by atoms with van der Waals surface area (Å²) >= 11 is 0. The minimum Gasteiger partial charge on any atom is -0.489 e. The first-order valence-electron chi connectivity index (χ1n) is 13.6. The number of esters is 1. The van der Waals surface area contributed by atoms with Crippen molar-refractivity contribution in [1.82, 2.24) is 14.8 Å². The number of nitrogens with zero attached hydrogens (tertiary/aromatic N) is 3. The molecule has 1 aromatic heterocycles. The summed E-state index contributed by atoms with van der Waals surface area (Å²) in [5.74, 6) is -0.187. The van der Waals surface area contributed by atoms with E-state index in [1.54, 1.807) is 17.0 Å². The van der Waals surface area contributed by atoms with Gasteiger partial charge in [0.15, 0.2) is 9.84 Å². The van der Waals surface area contributed by atoms with E-state index in [2.05, 4.69) is 4.98 Å². The number of urea groups is 1. The number of methoxy groups -OCH3 is 1. The molecule has 3 heterocycles. The second kappa shape index (κ2) is 11.4. The van der Waals surface area contributed by atoms with Gasteiger partial charge in [0, 0.05) is 48.2 Å². The van der Waals surface area contributed by atoms with Crippen LogP contribution in [0, 0.1) is 12.3 Å². The van der Waals surface area contributed by atoms with E-state index < -0.39 is 21.2 Å². The number of aryl methyl sites for hydroxylation is 1. The number of carbonyl (C=O) groups is 2. The highest BCUT2D eigenvalue weighted by atomic mass is 32.2. The number of hydrogen-bond acceptors (Lipinski definition) is 7. The third-order valence-electron chi connectivity index (χ3n) is 7.70. The number of pyridine rings is 1. The van der Waals surface area contributed by atoms with Gasteiger partial charge < -0.3 is 19.3 Å². The molecule has 0 N–H and O–H groups in total. The van der Waals surface area contributed by atoms with Crippen molar-refractivity contribution in [2.24, 2.45) is 5.41 Å². The maximum absolute atomic E-state index is 13.4. The van der Waals surface area contributed by atoms with E-state index in [4.69, 9.17) is 9.47 Å². The number of amides is 2. The third-order valence-corrected chi connectivity index (χ3v) is 9.68. The summed E-state index contributed by atoms with van der Waals surface area (Å²) in [4.78, 5) is 33.3. The van der Waals surface area contributed by atoms with Crippen molar-refractivity contribution >= 4 is 32.7 Å². The predicted molar refractivity (Wildman–Crippen MR) is 151 cm³/mol. The van der Waals surface area contributed by atoms with E-state index in [0.717, 1.165) is 41.4 Å². The number of aromatic nitrogens is 1. The van der Waals surface area contributed by atoms with Gasteiger partial charge in [0.25, 0.3) is 0 Å². The van der Waals surface area contributed by atoms with Crippen molar-refractivity contribution in [1.29, 1.82) is 0 Å². The number of rotatable bonds is 8. The SMILES string of the molecule is COC(=O)CC1(CS(=O)(=O)c2ccc(OCc3cc(C)nc4ccccc34)cc2)CN(C(=O)N2CCCCC2)C1. The average molecular weight is 566 g/mol. The van der Waals surface area contributed by atoms with Gasteiger partial charge in [-0.1, -0.05) is 18.2 Å². The fraction of sp³-hybridized carbons (Fsp3) is 0.433.